The maximum absolute atomic E-state index is 10.5. The normalized spacial score (nSPS) is 15.8. The number of esters is 2. The number of carbonyl (C=O) groups is 3. The van der Waals surface area contributed by atoms with Gasteiger partial charge in [-0.05, 0) is 0 Å². The van der Waals surface area contributed by atoms with E-state index in [1.54, 1.807) is 5.32 Å². The maximum Gasteiger partial charge on any atom is 0.409 e. The highest BCUT2D eigenvalue weighted by molar-refractivity contribution is 6.09. The lowest BCUT2D eigenvalue weighted by atomic mass is 10.4. The van der Waals surface area contributed by atoms with Gasteiger partial charge in [0.2, 0.25) is 0 Å². The zero-order chi connectivity index (χ0) is 8.43. The van der Waals surface area contributed by atoms with Gasteiger partial charge in [0.05, 0.1) is 6.08 Å². The Bertz CT molecular complexity index is 266. The highest BCUT2D eigenvalue weighted by Crippen LogP contribution is 2.03. The number of hydrogen-bond donors (Lipinski definition) is 2. The predicted molar refractivity (Wildman–Crippen MR) is 30.3 cm³/mol. The third-order valence-electron chi connectivity index (χ3n) is 0.917. The zero-order valence-electron chi connectivity index (χ0n) is 5.16. The molecule has 58 valence electrons. The third-order valence-corrected chi connectivity index (χ3v) is 0.917. The van der Waals surface area contributed by atoms with E-state index in [2.05, 4.69) is 4.74 Å². The van der Waals surface area contributed by atoms with Crippen LogP contribution in [-0.2, 0) is 14.3 Å². The van der Waals surface area contributed by atoms with Gasteiger partial charge < -0.3 is 9.84 Å². The molecule has 0 unspecified atom stereocenters. The van der Waals surface area contributed by atoms with E-state index in [1.165, 1.54) is 0 Å². The van der Waals surface area contributed by atoms with Crippen LogP contribution in [0, 0.1) is 0 Å². The summed E-state index contributed by atoms with van der Waals surface area (Å²) >= 11 is 0. The lowest BCUT2D eigenvalue weighted by Gasteiger charge is -1.94. The van der Waals surface area contributed by atoms with Gasteiger partial charge in [0.1, 0.15) is 5.70 Å². The van der Waals surface area contributed by atoms with Crippen LogP contribution >= 0.6 is 0 Å². The van der Waals surface area contributed by atoms with Crippen molar-refractivity contribution < 1.29 is 24.2 Å². The first-order chi connectivity index (χ1) is 5.09. The Hall–Kier alpha value is -1.85. The molecule has 1 aliphatic heterocycles. The first kappa shape index (κ1) is 7.26. The Labute approximate surface area is 60.4 Å². The van der Waals surface area contributed by atoms with Gasteiger partial charge in [-0.2, -0.15) is 0 Å². The molecular weight excluding hydrogens is 154 g/mol. The average Bonchev–Trinajstić information content (AvgIpc) is 2.09. The molecule has 0 radical (unpaired) electrons. The minimum atomic E-state index is -1.41. The Kier molecular flexibility index (Phi) is 1.59. The summed E-state index contributed by atoms with van der Waals surface area (Å²) < 4.78 is 3.98. The fourth-order valence-corrected chi connectivity index (χ4v) is 0.555. The fraction of sp³-hybridized carbons (Fsp3) is 0. The van der Waals surface area contributed by atoms with Crippen molar-refractivity contribution in [1.29, 1.82) is 0 Å². The van der Waals surface area contributed by atoms with Gasteiger partial charge in [0.15, 0.2) is 0 Å². The summed E-state index contributed by atoms with van der Waals surface area (Å²) in [5, 5.41) is 9.81. The second-order valence-electron chi connectivity index (χ2n) is 1.70. The molecule has 0 spiro atoms. The van der Waals surface area contributed by atoms with Crippen LogP contribution in [-0.4, -0.2) is 23.1 Å². The van der Waals surface area contributed by atoms with E-state index in [9.17, 15) is 14.4 Å². The number of hydrogen-bond acceptors (Lipinski definition) is 4. The molecule has 1 heterocycles. The van der Waals surface area contributed by atoms with E-state index in [0.717, 1.165) is 6.08 Å². The zero-order valence-corrected chi connectivity index (χ0v) is 5.16. The standard InChI is InChI=1S/C5H3NO5/c7-3-1-2(4(8)11-3)6-5(9)10/h1,6H,(H,9,10). The molecule has 0 aromatic heterocycles. The van der Waals surface area contributed by atoms with Gasteiger partial charge in [0.25, 0.3) is 0 Å². The van der Waals surface area contributed by atoms with Crippen LogP contribution in [0.4, 0.5) is 4.79 Å². The fourth-order valence-electron chi connectivity index (χ4n) is 0.555. The molecule has 0 saturated heterocycles. The summed E-state index contributed by atoms with van der Waals surface area (Å²) in [7, 11) is 0. The maximum atomic E-state index is 10.5. The molecule has 0 fully saturated rings. The molecule has 1 amide bonds. The van der Waals surface area contributed by atoms with Crippen LogP contribution in [0.5, 0.6) is 0 Å². The quantitative estimate of drug-likeness (QED) is 0.384. The molecule has 0 atom stereocenters. The Morgan fingerprint density at radius 2 is 2.18 bits per heavy atom. The van der Waals surface area contributed by atoms with E-state index in [1.807, 2.05) is 0 Å². The van der Waals surface area contributed by atoms with Crippen molar-refractivity contribution in [3.05, 3.63) is 11.8 Å². The third kappa shape index (κ3) is 1.54. The predicted octanol–water partition coefficient (Wildman–Crippen LogP) is -0.779. The molecule has 6 nitrogen and oxygen atoms in total. The van der Waals surface area contributed by atoms with Crippen molar-refractivity contribution >= 4 is 18.0 Å². The Morgan fingerprint density at radius 3 is 2.55 bits per heavy atom. The highest BCUT2D eigenvalue weighted by atomic mass is 16.6. The average molecular weight is 157 g/mol. The molecule has 1 rings (SSSR count). The molecule has 2 N–H and O–H groups in total. The molecule has 1 aliphatic rings. The highest BCUT2D eigenvalue weighted by Gasteiger charge is 2.24. The first-order valence-electron chi connectivity index (χ1n) is 2.57. The van der Waals surface area contributed by atoms with Crippen LogP contribution in [0.25, 0.3) is 0 Å². The van der Waals surface area contributed by atoms with E-state index in [0.29, 0.717) is 0 Å². The smallest absolute Gasteiger partial charge is 0.409 e. The molecule has 6 heteroatoms. The van der Waals surface area contributed by atoms with Gasteiger partial charge >= 0.3 is 18.0 Å². The number of rotatable bonds is 1. The van der Waals surface area contributed by atoms with Crippen LogP contribution in [0.15, 0.2) is 11.8 Å². The molecule has 0 bridgehead atoms. The van der Waals surface area contributed by atoms with Crippen molar-refractivity contribution in [2.24, 2.45) is 0 Å². The monoisotopic (exact) mass is 157 g/mol. The molecule has 0 saturated carbocycles. The number of carbonyl (C=O) groups excluding carboxylic acids is 2. The van der Waals surface area contributed by atoms with Crippen molar-refractivity contribution in [2.45, 2.75) is 0 Å². The van der Waals surface area contributed by atoms with Gasteiger partial charge in [-0.15, -0.1) is 0 Å². The summed E-state index contributed by atoms with van der Waals surface area (Å²) in [6, 6.07) is 0. The van der Waals surface area contributed by atoms with Crippen LogP contribution < -0.4 is 5.32 Å². The lowest BCUT2D eigenvalue weighted by molar-refractivity contribution is -0.150. The van der Waals surface area contributed by atoms with E-state index in [4.69, 9.17) is 5.11 Å². The molecule has 0 aromatic carbocycles. The van der Waals surface area contributed by atoms with Crippen LogP contribution in [0.1, 0.15) is 0 Å². The van der Waals surface area contributed by atoms with Crippen molar-refractivity contribution in [3.63, 3.8) is 0 Å². The van der Waals surface area contributed by atoms with Gasteiger partial charge in [-0.25, -0.2) is 14.4 Å². The molecule has 0 aliphatic carbocycles. The summed E-state index contributed by atoms with van der Waals surface area (Å²) in [5.41, 5.74) is -0.359. The number of carboxylic acid groups (broad SMARTS) is 1. The molecular formula is C5H3NO5. The Morgan fingerprint density at radius 1 is 1.55 bits per heavy atom. The number of nitrogens with one attached hydrogen (secondary N) is 1. The SMILES string of the molecule is O=C(O)NC1=CC(=O)OC1=O. The number of amides is 1. The summed E-state index contributed by atoms with van der Waals surface area (Å²) in [6.07, 6.45) is -0.640. The summed E-state index contributed by atoms with van der Waals surface area (Å²) in [6.45, 7) is 0. The number of cyclic esters (lactones) is 2. The largest absolute Gasteiger partial charge is 0.465 e. The molecule has 0 aromatic rings. The van der Waals surface area contributed by atoms with Gasteiger partial charge in [-0.1, -0.05) is 0 Å². The summed E-state index contributed by atoms with van der Waals surface area (Å²) in [5.74, 6) is -1.84. The van der Waals surface area contributed by atoms with Crippen LogP contribution in [0.3, 0.4) is 0 Å². The Balaban J connectivity index is 2.72. The van der Waals surface area contributed by atoms with Gasteiger partial charge in [-0.3, -0.25) is 5.32 Å². The molecule has 11 heavy (non-hydrogen) atoms. The first-order valence-corrected chi connectivity index (χ1v) is 2.57. The van der Waals surface area contributed by atoms with Gasteiger partial charge in [0, 0.05) is 0 Å². The second-order valence-corrected chi connectivity index (χ2v) is 1.70. The van der Waals surface area contributed by atoms with Crippen molar-refractivity contribution in [2.75, 3.05) is 0 Å². The minimum Gasteiger partial charge on any atom is -0.465 e. The van der Waals surface area contributed by atoms with E-state index in [-0.39, 0.29) is 5.70 Å². The second kappa shape index (κ2) is 2.41. The van der Waals surface area contributed by atoms with E-state index < -0.39 is 18.0 Å². The summed E-state index contributed by atoms with van der Waals surface area (Å²) in [4.78, 5) is 30.7. The lowest BCUT2D eigenvalue weighted by Crippen LogP contribution is -2.23. The van der Waals surface area contributed by atoms with Crippen LogP contribution in [0.2, 0.25) is 0 Å². The van der Waals surface area contributed by atoms with E-state index >= 15 is 0 Å². The van der Waals surface area contributed by atoms with Crippen molar-refractivity contribution in [3.8, 4) is 0 Å². The topological polar surface area (TPSA) is 92.7 Å². The minimum absolute atomic E-state index is 0.359. The van der Waals surface area contributed by atoms with Crippen molar-refractivity contribution in [1.82, 2.24) is 5.32 Å². The number of ether oxygens (including phenoxy) is 1.